The number of hydrogen-bond acceptors (Lipinski definition) is 6. The Morgan fingerprint density at radius 2 is 1.71 bits per heavy atom. The Labute approximate surface area is 283 Å². The fourth-order valence-corrected chi connectivity index (χ4v) is 10.5. The van der Waals surface area contributed by atoms with Gasteiger partial charge in [0.15, 0.2) is 0 Å². The molecule has 49 heavy (non-hydrogen) atoms. The van der Waals surface area contributed by atoms with Crippen molar-refractivity contribution in [2.24, 2.45) is 0 Å². The number of halogens is 3. The third-order valence-electron chi connectivity index (χ3n) is 11.7. The molecule has 5 aliphatic rings. The molecule has 1 aromatic heterocycles. The van der Waals surface area contributed by atoms with Crippen LogP contribution in [0.5, 0.6) is 5.75 Å². The molecule has 0 spiro atoms. The molecule has 2 amide bonds. The second kappa shape index (κ2) is 11.5. The van der Waals surface area contributed by atoms with Crippen molar-refractivity contribution < 1.29 is 35.9 Å². The topological polar surface area (TPSA) is 101 Å². The van der Waals surface area contributed by atoms with Gasteiger partial charge in [-0.05, 0) is 86.5 Å². The van der Waals surface area contributed by atoms with Gasteiger partial charge in [-0.3, -0.25) is 9.59 Å². The number of piperazine rings is 1. The van der Waals surface area contributed by atoms with Crippen LogP contribution in [0.4, 0.5) is 13.2 Å². The van der Waals surface area contributed by atoms with Gasteiger partial charge >= 0.3 is 6.18 Å². The highest BCUT2D eigenvalue weighted by Gasteiger charge is 2.68. The van der Waals surface area contributed by atoms with Crippen molar-refractivity contribution in [1.82, 2.24) is 19.1 Å². The van der Waals surface area contributed by atoms with Crippen molar-refractivity contribution >= 4 is 32.7 Å². The zero-order valence-electron chi connectivity index (χ0n) is 27.7. The zero-order valence-corrected chi connectivity index (χ0v) is 28.5. The maximum absolute atomic E-state index is 15.2. The molecule has 3 aromatic rings. The summed E-state index contributed by atoms with van der Waals surface area (Å²) in [6.45, 7) is 1.63. The van der Waals surface area contributed by atoms with Crippen LogP contribution in [0.2, 0.25) is 0 Å². The lowest BCUT2D eigenvalue weighted by atomic mass is 9.80. The molecule has 4 atom stereocenters. The first-order valence-electron chi connectivity index (χ1n) is 17.3. The minimum atomic E-state index is -4.68. The first kappa shape index (κ1) is 32.6. The first-order chi connectivity index (χ1) is 23.3. The van der Waals surface area contributed by atoms with Crippen LogP contribution in [0.3, 0.4) is 0 Å². The number of fused-ring (bicyclic) bond motifs is 10. The van der Waals surface area contributed by atoms with Crippen LogP contribution in [0, 0.1) is 0 Å². The number of sulfonamides is 1. The number of likely N-dealkylation sites (tertiary alicyclic amines) is 1. The lowest BCUT2D eigenvalue weighted by Crippen LogP contribution is -2.58. The summed E-state index contributed by atoms with van der Waals surface area (Å²) in [5.74, 6) is -1.32. The van der Waals surface area contributed by atoms with Crippen molar-refractivity contribution in [3.63, 3.8) is 0 Å². The minimum absolute atomic E-state index is 0.0126. The fraction of sp³-hybridized carbons (Fsp3) is 0.556. The number of aromatic nitrogens is 1. The highest BCUT2D eigenvalue weighted by Crippen LogP contribution is 2.67. The van der Waals surface area contributed by atoms with E-state index in [1.54, 1.807) is 19.2 Å². The van der Waals surface area contributed by atoms with Crippen molar-refractivity contribution in [2.45, 2.75) is 93.4 Å². The zero-order chi connectivity index (χ0) is 34.5. The van der Waals surface area contributed by atoms with Crippen LogP contribution in [-0.2, 0) is 20.4 Å². The number of nitrogens with zero attached hydrogens (tertiary/aromatic N) is 3. The molecule has 3 aliphatic heterocycles. The number of rotatable bonds is 7. The summed E-state index contributed by atoms with van der Waals surface area (Å²) in [6.07, 6.45) is 1.55. The quantitative estimate of drug-likeness (QED) is 0.331. The van der Waals surface area contributed by atoms with Gasteiger partial charge in [0.1, 0.15) is 11.3 Å². The number of alkyl halides is 3. The Balaban J connectivity index is 1.31. The molecular weight excluding hydrogens is 657 g/mol. The predicted molar refractivity (Wildman–Crippen MR) is 178 cm³/mol. The first-order valence-corrected chi connectivity index (χ1v) is 19.0. The smallest absolute Gasteiger partial charge is 0.390 e. The van der Waals surface area contributed by atoms with E-state index in [4.69, 9.17) is 4.74 Å². The Kier molecular flexibility index (Phi) is 7.64. The van der Waals surface area contributed by atoms with E-state index >= 15 is 4.79 Å². The molecule has 1 N–H and O–H groups in total. The molecule has 9 nitrogen and oxygen atoms in total. The highest BCUT2D eigenvalue weighted by atomic mass is 32.2. The monoisotopic (exact) mass is 698 g/mol. The predicted octanol–water partition coefficient (Wildman–Crippen LogP) is 5.88. The third-order valence-corrected chi connectivity index (χ3v) is 12.9. The second-order valence-electron chi connectivity index (χ2n) is 14.7. The Morgan fingerprint density at radius 3 is 2.39 bits per heavy atom. The van der Waals surface area contributed by atoms with Gasteiger partial charge in [0.05, 0.1) is 30.5 Å². The van der Waals surface area contributed by atoms with Crippen LogP contribution in [0.15, 0.2) is 36.4 Å². The normalized spacial score (nSPS) is 26.6. The molecule has 2 bridgehead atoms. The van der Waals surface area contributed by atoms with E-state index in [9.17, 15) is 26.4 Å². The van der Waals surface area contributed by atoms with Gasteiger partial charge < -0.3 is 19.1 Å². The lowest BCUT2D eigenvalue weighted by molar-refractivity contribution is -0.142. The standard InChI is InChI=1S/C36H41F3N4O5S/c1-41-19-23-9-10-24(20-41)42(23)34(45)35-18-29(35)28-17-25(48-2)11-13-26(28)32-31(21-6-4-3-5-7-21)27-12-8-22(16-30(27)43(32)35)33(44)40-49(46,47)15-14-36(37,38)39/h8,11-13,16-17,21,23-24,29H,3-7,9-10,14-15,18-20H2,1-2H3,(H,40,44). The summed E-state index contributed by atoms with van der Waals surface area (Å²) < 4.78 is 73.2. The van der Waals surface area contributed by atoms with Gasteiger partial charge in [-0.2, -0.15) is 13.2 Å². The van der Waals surface area contributed by atoms with E-state index < -0.39 is 39.8 Å². The minimum Gasteiger partial charge on any atom is -0.497 e. The van der Waals surface area contributed by atoms with Crippen molar-refractivity contribution in [3.05, 3.63) is 53.1 Å². The number of benzene rings is 2. The van der Waals surface area contributed by atoms with Gasteiger partial charge in [-0.15, -0.1) is 0 Å². The average Bonchev–Trinajstić information content (AvgIpc) is 3.65. The maximum atomic E-state index is 15.2. The van der Waals surface area contributed by atoms with Gasteiger partial charge in [0, 0.05) is 47.6 Å². The van der Waals surface area contributed by atoms with Crippen LogP contribution in [-0.4, -0.2) is 85.9 Å². The van der Waals surface area contributed by atoms with E-state index in [1.807, 2.05) is 16.9 Å². The van der Waals surface area contributed by atoms with Crippen LogP contribution < -0.4 is 9.46 Å². The van der Waals surface area contributed by atoms with Gasteiger partial charge in [-0.25, -0.2) is 13.1 Å². The number of nitrogens with one attached hydrogen (secondary N) is 1. The Morgan fingerprint density at radius 1 is 1.00 bits per heavy atom. The molecule has 4 heterocycles. The molecule has 8 rings (SSSR count). The summed E-state index contributed by atoms with van der Waals surface area (Å²) in [4.78, 5) is 33.0. The number of likely N-dealkylation sites (N-methyl/N-ethyl adjacent to an activating group) is 1. The molecule has 0 radical (unpaired) electrons. The summed E-state index contributed by atoms with van der Waals surface area (Å²) in [7, 11) is -0.814. The van der Waals surface area contributed by atoms with Gasteiger partial charge in [0.2, 0.25) is 15.9 Å². The average molecular weight is 699 g/mol. The molecular formula is C36H41F3N4O5S. The SMILES string of the molecule is COc1ccc2c(c1)C1CC1(C(=O)N1C3CCC1CN(C)C3)n1c-2c(C2CCCCC2)c2ccc(C(=O)NS(=O)(=O)CCC(F)(F)F)cc21. The molecule has 4 unspecified atom stereocenters. The van der Waals surface area contributed by atoms with Gasteiger partial charge in [0.25, 0.3) is 5.91 Å². The number of carbonyl (C=O) groups excluding carboxylic acids is 2. The molecule has 2 aromatic carbocycles. The number of ether oxygens (including phenoxy) is 1. The van der Waals surface area contributed by atoms with Crippen LogP contribution in [0.25, 0.3) is 22.2 Å². The van der Waals surface area contributed by atoms with Crippen molar-refractivity contribution in [2.75, 3.05) is 33.0 Å². The number of hydrogen-bond donors (Lipinski definition) is 1. The molecule has 2 saturated carbocycles. The van der Waals surface area contributed by atoms with Crippen LogP contribution in [0.1, 0.15) is 91.1 Å². The number of carbonyl (C=O) groups is 2. The number of amides is 2. The molecule has 4 fully saturated rings. The van der Waals surface area contributed by atoms with E-state index in [0.717, 1.165) is 91.6 Å². The summed E-state index contributed by atoms with van der Waals surface area (Å²) in [5.41, 5.74) is 3.99. The van der Waals surface area contributed by atoms with E-state index in [2.05, 4.69) is 33.5 Å². The fourth-order valence-electron chi connectivity index (χ4n) is 9.48. The van der Waals surface area contributed by atoms with E-state index in [0.29, 0.717) is 11.9 Å². The molecule has 2 saturated heterocycles. The van der Waals surface area contributed by atoms with Crippen LogP contribution >= 0.6 is 0 Å². The van der Waals surface area contributed by atoms with E-state index in [-0.39, 0.29) is 35.4 Å². The summed E-state index contributed by atoms with van der Waals surface area (Å²) in [5, 5.41) is 0.918. The van der Waals surface area contributed by atoms with Crippen molar-refractivity contribution in [1.29, 1.82) is 0 Å². The lowest BCUT2D eigenvalue weighted by Gasteiger charge is -2.43. The molecule has 2 aliphatic carbocycles. The van der Waals surface area contributed by atoms with Gasteiger partial charge in [-0.1, -0.05) is 25.3 Å². The summed E-state index contributed by atoms with van der Waals surface area (Å²) in [6, 6.07) is 11.3. The summed E-state index contributed by atoms with van der Waals surface area (Å²) >= 11 is 0. The second-order valence-corrected chi connectivity index (χ2v) is 16.6. The van der Waals surface area contributed by atoms with Crippen molar-refractivity contribution in [3.8, 4) is 17.0 Å². The molecule has 262 valence electrons. The largest absolute Gasteiger partial charge is 0.497 e. The third kappa shape index (κ3) is 5.33. The Bertz CT molecular complexity index is 1960. The van der Waals surface area contributed by atoms with E-state index in [1.165, 1.54) is 0 Å². The number of methoxy groups -OCH3 is 1. The highest BCUT2D eigenvalue weighted by molar-refractivity contribution is 7.90. The molecule has 13 heteroatoms. The Hall–Kier alpha value is -3.58. The maximum Gasteiger partial charge on any atom is 0.390 e.